The Bertz CT molecular complexity index is 593. The molecule has 0 spiro atoms. The number of anilines is 1. The van der Waals surface area contributed by atoms with E-state index in [0.717, 1.165) is 17.9 Å². The van der Waals surface area contributed by atoms with Crippen molar-refractivity contribution in [3.05, 3.63) is 53.5 Å². The first kappa shape index (κ1) is 13.2. The number of hydrogen-bond acceptors (Lipinski definition) is 2. The lowest BCUT2D eigenvalue weighted by atomic mass is 9.90. The number of rotatable bonds is 3. The number of fused-ring (bicyclic) bond motifs is 1. The Morgan fingerprint density at radius 2 is 2.05 bits per heavy atom. The zero-order valence-electron chi connectivity index (χ0n) is 11.3. The molecule has 20 heavy (non-hydrogen) atoms. The van der Waals surface area contributed by atoms with Gasteiger partial charge in [0.05, 0.1) is 12.8 Å². The van der Waals surface area contributed by atoms with Crippen LogP contribution in [0.3, 0.4) is 0 Å². The van der Waals surface area contributed by atoms with Crippen LogP contribution >= 0.6 is 12.2 Å². The third-order valence-electron chi connectivity index (χ3n) is 3.65. The lowest BCUT2D eigenvalue weighted by Crippen LogP contribution is -2.28. The van der Waals surface area contributed by atoms with Crippen molar-refractivity contribution in [3.8, 4) is 0 Å². The predicted molar refractivity (Wildman–Crippen MR) is 84.9 cm³/mol. The maximum atomic E-state index is 5.35. The van der Waals surface area contributed by atoms with Crippen molar-refractivity contribution >= 4 is 23.0 Å². The number of nitrogens with one attached hydrogen (secondary N) is 2. The summed E-state index contributed by atoms with van der Waals surface area (Å²) in [6.45, 7) is 0.605. The average Bonchev–Trinajstić information content (AvgIpc) is 2.99. The molecule has 1 aromatic carbocycles. The second-order valence-corrected chi connectivity index (χ2v) is 5.45. The highest BCUT2D eigenvalue weighted by Crippen LogP contribution is 2.27. The van der Waals surface area contributed by atoms with Crippen LogP contribution in [-0.4, -0.2) is 5.11 Å². The average molecular weight is 286 g/mol. The molecule has 0 unspecified atom stereocenters. The summed E-state index contributed by atoms with van der Waals surface area (Å²) in [6.07, 6.45) is 6.54. The fraction of sp³-hybridized carbons (Fsp3) is 0.312. The van der Waals surface area contributed by atoms with Gasteiger partial charge < -0.3 is 15.1 Å². The fourth-order valence-corrected chi connectivity index (χ4v) is 2.83. The smallest absolute Gasteiger partial charge is 0.171 e. The van der Waals surface area contributed by atoms with Crippen LogP contribution in [0.4, 0.5) is 5.69 Å². The summed E-state index contributed by atoms with van der Waals surface area (Å²) in [5, 5.41) is 7.12. The van der Waals surface area contributed by atoms with E-state index in [1.54, 1.807) is 6.26 Å². The minimum absolute atomic E-state index is 0.605. The molecule has 1 aliphatic carbocycles. The van der Waals surface area contributed by atoms with E-state index in [0.29, 0.717) is 11.7 Å². The molecule has 104 valence electrons. The Morgan fingerprint density at radius 1 is 1.15 bits per heavy atom. The number of hydrogen-bond donors (Lipinski definition) is 2. The molecule has 0 aliphatic heterocycles. The first-order valence-corrected chi connectivity index (χ1v) is 7.42. The van der Waals surface area contributed by atoms with Crippen molar-refractivity contribution in [2.24, 2.45) is 0 Å². The van der Waals surface area contributed by atoms with E-state index in [1.165, 1.54) is 30.4 Å². The first-order valence-electron chi connectivity index (χ1n) is 7.01. The van der Waals surface area contributed by atoms with Crippen molar-refractivity contribution in [2.75, 3.05) is 5.32 Å². The van der Waals surface area contributed by atoms with Crippen LogP contribution < -0.4 is 10.6 Å². The Labute approximate surface area is 124 Å². The predicted octanol–water partition coefficient (Wildman–Crippen LogP) is 3.65. The molecule has 0 fully saturated rings. The Balaban J connectivity index is 1.64. The van der Waals surface area contributed by atoms with Gasteiger partial charge in [0.25, 0.3) is 0 Å². The van der Waals surface area contributed by atoms with Gasteiger partial charge in [-0.3, -0.25) is 0 Å². The lowest BCUT2D eigenvalue weighted by molar-refractivity contribution is 0.503. The van der Waals surface area contributed by atoms with Crippen molar-refractivity contribution in [2.45, 2.75) is 32.2 Å². The van der Waals surface area contributed by atoms with E-state index < -0.39 is 0 Å². The van der Waals surface area contributed by atoms with Crippen LogP contribution in [0.2, 0.25) is 0 Å². The number of thiocarbonyl (C=S) groups is 1. The minimum Gasteiger partial charge on any atom is -0.467 e. The number of benzene rings is 1. The monoisotopic (exact) mass is 286 g/mol. The molecule has 2 aromatic rings. The van der Waals surface area contributed by atoms with E-state index in [2.05, 4.69) is 28.8 Å². The molecule has 0 radical (unpaired) electrons. The van der Waals surface area contributed by atoms with Gasteiger partial charge in [-0.1, -0.05) is 12.1 Å². The highest BCUT2D eigenvalue weighted by molar-refractivity contribution is 7.80. The topological polar surface area (TPSA) is 37.2 Å². The highest BCUT2D eigenvalue weighted by atomic mass is 32.1. The van der Waals surface area contributed by atoms with Gasteiger partial charge in [-0.25, -0.2) is 0 Å². The fourth-order valence-electron chi connectivity index (χ4n) is 2.65. The van der Waals surface area contributed by atoms with E-state index >= 15 is 0 Å². The summed E-state index contributed by atoms with van der Waals surface area (Å²) >= 11 is 5.35. The third kappa shape index (κ3) is 3.02. The summed E-state index contributed by atoms with van der Waals surface area (Å²) in [4.78, 5) is 0. The molecule has 3 rings (SSSR count). The van der Waals surface area contributed by atoms with Crippen molar-refractivity contribution < 1.29 is 4.42 Å². The molecule has 3 nitrogen and oxygen atoms in total. The Kier molecular flexibility index (Phi) is 4.02. The molecular weight excluding hydrogens is 268 g/mol. The summed E-state index contributed by atoms with van der Waals surface area (Å²) in [6, 6.07) is 10.2. The van der Waals surface area contributed by atoms with E-state index in [4.69, 9.17) is 16.6 Å². The van der Waals surface area contributed by atoms with Crippen LogP contribution in [0, 0.1) is 0 Å². The van der Waals surface area contributed by atoms with E-state index in [-0.39, 0.29) is 0 Å². The Hall–Kier alpha value is -1.81. The van der Waals surface area contributed by atoms with Gasteiger partial charge in [0.2, 0.25) is 0 Å². The van der Waals surface area contributed by atoms with E-state index in [9.17, 15) is 0 Å². The molecule has 0 saturated carbocycles. The maximum absolute atomic E-state index is 5.35. The largest absolute Gasteiger partial charge is 0.467 e. The molecular formula is C16H18N2OS. The van der Waals surface area contributed by atoms with Crippen molar-refractivity contribution in [1.29, 1.82) is 0 Å². The van der Waals surface area contributed by atoms with Gasteiger partial charge in [-0.05, 0) is 67.2 Å². The van der Waals surface area contributed by atoms with Gasteiger partial charge in [0, 0.05) is 5.69 Å². The maximum Gasteiger partial charge on any atom is 0.171 e. The lowest BCUT2D eigenvalue weighted by Gasteiger charge is -2.20. The van der Waals surface area contributed by atoms with Gasteiger partial charge in [0.1, 0.15) is 5.76 Å². The zero-order valence-corrected chi connectivity index (χ0v) is 12.1. The molecule has 0 amide bonds. The normalized spacial score (nSPS) is 13.6. The van der Waals surface area contributed by atoms with Crippen LogP contribution in [0.1, 0.15) is 29.7 Å². The highest BCUT2D eigenvalue weighted by Gasteiger charge is 2.13. The van der Waals surface area contributed by atoms with Gasteiger partial charge in [0.15, 0.2) is 5.11 Å². The third-order valence-corrected chi connectivity index (χ3v) is 3.89. The summed E-state index contributed by atoms with van der Waals surface area (Å²) in [5.41, 5.74) is 4.01. The second kappa shape index (κ2) is 6.09. The molecule has 4 heteroatoms. The summed E-state index contributed by atoms with van der Waals surface area (Å²) < 4.78 is 5.27. The molecule has 0 bridgehead atoms. The number of aryl methyl sites for hydroxylation is 1. The SMILES string of the molecule is S=C(NCc1ccco1)Nc1cccc2c1CCCC2. The van der Waals surface area contributed by atoms with Crippen LogP contribution in [0.15, 0.2) is 41.0 Å². The molecule has 2 N–H and O–H groups in total. The quantitative estimate of drug-likeness (QED) is 0.845. The van der Waals surface area contributed by atoms with Crippen LogP contribution in [0.5, 0.6) is 0 Å². The first-order chi connectivity index (χ1) is 9.83. The standard InChI is InChI=1S/C16H18N2OS/c20-16(17-11-13-7-4-10-19-13)18-15-9-3-6-12-5-1-2-8-14(12)15/h3-4,6-7,9-10H,1-2,5,8,11H2,(H2,17,18,20). The van der Waals surface area contributed by atoms with Gasteiger partial charge in [-0.15, -0.1) is 0 Å². The van der Waals surface area contributed by atoms with Crippen molar-refractivity contribution in [3.63, 3.8) is 0 Å². The van der Waals surface area contributed by atoms with Gasteiger partial charge >= 0.3 is 0 Å². The zero-order chi connectivity index (χ0) is 13.8. The van der Waals surface area contributed by atoms with Gasteiger partial charge in [-0.2, -0.15) is 0 Å². The minimum atomic E-state index is 0.605. The van der Waals surface area contributed by atoms with E-state index in [1.807, 2.05) is 12.1 Å². The molecule has 1 aliphatic rings. The molecule has 1 aromatic heterocycles. The van der Waals surface area contributed by atoms with Crippen LogP contribution in [0.25, 0.3) is 0 Å². The summed E-state index contributed by atoms with van der Waals surface area (Å²) in [7, 11) is 0. The molecule has 0 saturated heterocycles. The molecule has 0 atom stereocenters. The molecule has 1 heterocycles. The van der Waals surface area contributed by atoms with Crippen molar-refractivity contribution in [1.82, 2.24) is 5.32 Å². The van der Waals surface area contributed by atoms with Crippen LogP contribution in [-0.2, 0) is 19.4 Å². The Morgan fingerprint density at radius 3 is 2.90 bits per heavy atom. The number of furan rings is 1. The second-order valence-electron chi connectivity index (χ2n) is 5.04. The summed E-state index contributed by atoms with van der Waals surface area (Å²) in [5.74, 6) is 0.879.